The van der Waals surface area contributed by atoms with E-state index in [0.29, 0.717) is 5.56 Å². The number of carbonyl (C=O) groups excluding carboxylic acids is 1. The van der Waals surface area contributed by atoms with E-state index in [-0.39, 0.29) is 18.0 Å². The molecule has 0 spiro atoms. The van der Waals surface area contributed by atoms with E-state index in [1.165, 1.54) is 0 Å². The molecule has 4 nitrogen and oxygen atoms in total. The summed E-state index contributed by atoms with van der Waals surface area (Å²) < 4.78 is 0. The van der Waals surface area contributed by atoms with Gasteiger partial charge in [0.05, 0.1) is 11.1 Å². The average Bonchev–Trinajstić information content (AvgIpc) is 2.48. The van der Waals surface area contributed by atoms with Crippen LogP contribution in [0.3, 0.4) is 0 Å². The molecule has 2 unspecified atom stereocenters. The van der Waals surface area contributed by atoms with Crippen LogP contribution in [-0.2, 0) is 0 Å². The van der Waals surface area contributed by atoms with E-state index >= 15 is 0 Å². The second-order valence-electron chi connectivity index (χ2n) is 5.86. The van der Waals surface area contributed by atoms with E-state index in [1.807, 2.05) is 37.3 Å². The van der Waals surface area contributed by atoms with Crippen molar-refractivity contribution in [1.82, 2.24) is 10.3 Å². The number of fused-ring (bicyclic) bond motifs is 1. The number of pyridine rings is 1. The monoisotopic (exact) mass is 283 g/mol. The number of carbonyl (C=O) groups is 1. The fourth-order valence-electron chi connectivity index (χ4n) is 3.08. The number of hydrogen-bond acceptors (Lipinski definition) is 3. The molecule has 0 bridgehead atoms. The number of para-hydroxylation sites is 1. The lowest BCUT2D eigenvalue weighted by molar-refractivity contribution is 0.0923. The van der Waals surface area contributed by atoms with Gasteiger partial charge in [-0.3, -0.25) is 9.78 Å². The van der Waals surface area contributed by atoms with Crippen molar-refractivity contribution in [2.75, 3.05) is 0 Å². The molecule has 1 saturated carbocycles. The molecule has 1 aromatic heterocycles. The van der Waals surface area contributed by atoms with Crippen LogP contribution in [0.1, 0.15) is 41.7 Å². The fraction of sp³-hybridized carbons (Fsp3) is 0.412. The SMILES string of the molecule is Cc1cc(C(=O)NC2CCCCC2N)c2ccccc2n1. The van der Waals surface area contributed by atoms with Gasteiger partial charge in [-0.05, 0) is 31.9 Å². The van der Waals surface area contributed by atoms with E-state index in [2.05, 4.69) is 10.3 Å². The maximum atomic E-state index is 12.6. The molecule has 110 valence electrons. The number of rotatable bonds is 2. The third-order valence-corrected chi connectivity index (χ3v) is 4.22. The average molecular weight is 283 g/mol. The first-order valence-electron chi connectivity index (χ1n) is 7.58. The highest BCUT2D eigenvalue weighted by Crippen LogP contribution is 2.20. The van der Waals surface area contributed by atoms with E-state index in [1.54, 1.807) is 0 Å². The highest BCUT2D eigenvalue weighted by atomic mass is 16.1. The molecule has 21 heavy (non-hydrogen) atoms. The van der Waals surface area contributed by atoms with Crippen molar-refractivity contribution < 1.29 is 4.79 Å². The minimum atomic E-state index is -0.0425. The Labute approximate surface area is 124 Å². The van der Waals surface area contributed by atoms with Crippen LogP contribution in [-0.4, -0.2) is 23.0 Å². The summed E-state index contributed by atoms with van der Waals surface area (Å²) in [7, 11) is 0. The van der Waals surface area contributed by atoms with Gasteiger partial charge >= 0.3 is 0 Å². The summed E-state index contributed by atoms with van der Waals surface area (Å²) in [6, 6.07) is 9.75. The second-order valence-corrected chi connectivity index (χ2v) is 5.86. The number of amides is 1. The lowest BCUT2D eigenvalue weighted by atomic mass is 9.90. The van der Waals surface area contributed by atoms with Gasteiger partial charge in [0, 0.05) is 23.2 Å². The van der Waals surface area contributed by atoms with E-state index in [0.717, 1.165) is 42.3 Å². The summed E-state index contributed by atoms with van der Waals surface area (Å²) in [6.45, 7) is 1.91. The molecule has 1 fully saturated rings. The van der Waals surface area contributed by atoms with Crippen LogP contribution in [0.2, 0.25) is 0 Å². The Morgan fingerprint density at radius 1 is 1.29 bits per heavy atom. The van der Waals surface area contributed by atoms with Crippen molar-refractivity contribution in [3.05, 3.63) is 41.6 Å². The second kappa shape index (κ2) is 5.82. The molecule has 2 atom stereocenters. The Bertz CT molecular complexity index is 668. The van der Waals surface area contributed by atoms with Gasteiger partial charge in [-0.25, -0.2) is 0 Å². The zero-order valence-corrected chi connectivity index (χ0v) is 12.3. The predicted octanol–water partition coefficient (Wildman–Crippen LogP) is 2.54. The Kier molecular flexibility index (Phi) is 3.88. The summed E-state index contributed by atoms with van der Waals surface area (Å²) in [4.78, 5) is 17.1. The molecule has 1 heterocycles. The van der Waals surface area contributed by atoms with Crippen molar-refractivity contribution in [3.63, 3.8) is 0 Å². The number of hydrogen-bond donors (Lipinski definition) is 2. The predicted molar refractivity (Wildman–Crippen MR) is 84.2 cm³/mol. The van der Waals surface area contributed by atoms with Crippen LogP contribution >= 0.6 is 0 Å². The number of nitrogens with two attached hydrogens (primary N) is 1. The standard InChI is InChI=1S/C17H21N3O/c1-11-10-13(12-6-2-4-8-15(12)19-11)17(21)20-16-9-5-3-7-14(16)18/h2,4,6,8,10,14,16H,3,5,7,9,18H2,1H3,(H,20,21). The van der Waals surface area contributed by atoms with Crippen molar-refractivity contribution in [3.8, 4) is 0 Å². The number of benzene rings is 1. The minimum Gasteiger partial charge on any atom is -0.348 e. The summed E-state index contributed by atoms with van der Waals surface area (Å²) in [5, 5.41) is 4.01. The van der Waals surface area contributed by atoms with Crippen molar-refractivity contribution in [2.24, 2.45) is 5.73 Å². The minimum absolute atomic E-state index is 0.0425. The molecule has 2 aromatic rings. The van der Waals surface area contributed by atoms with Crippen molar-refractivity contribution in [1.29, 1.82) is 0 Å². The Balaban J connectivity index is 1.90. The first-order chi connectivity index (χ1) is 10.1. The zero-order valence-electron chi connectivity index (χ0n) is 12.3. The molecule has 3 N–H and O–H groups in total. The quantitative estimate of drug-likeness (QED) is 0.890. The molecule has 0 radical (unpaired) electrons. The molecule has 4 heteroatoms. The van der Waals surface area contributed by atoms with Crippen LogP contribution in [0, 0.1) is 6.92 Å². The largest absolute Gasteiger partial charge is 0.348 e. The van der Waals surface area contributed by atoms with Crippen LogP contribution in [0.5, 0.6) is 0 Å². The highest BCUT2D eigenvalue weighted by molar-refractivity contribution is 6.06. The highest BCUT2D eigenvalue weighted by Gasteiger charge is 2.24. The summed E-state index contributed by atoms with van der Waals surface area (Å²) >= 11 is 0. The van der Waals surface area contributed by atoms with Gasteiger partial charge < -0.3 is 11.1 Å². The molecule has 1 aliphatic rings. The van der Waals surface area contributed by atoms with Crippen LogP contribution in [0.25, 0.3) is 10.9 Å². The van der Waals surface area contributed by atoms with Crippen LogP contribution < -0.4 is 11.1 Å². The number of nitrogens with zero attached hydrogens (tertiary/aromatic N) is 1. The topological polar surface area (TPSA) is 68.0 Å². The normalized spacial score (nSPS) is 22.2. The van der Waals surface area contributed by atoms with E-state index < -0.39 is 0 Å². The van der Waals surface area contributed by atoms with Crippen LogP contribution in [0.4, 0.5) is 0 Å². The number of aromatic nitrogens is 1. The van der Waals surface area contributed by atoms with Crippen molar-refractivity contribution in [2.45, 2.75) is 44.7 Å². The molecule has 3 rings (SSSR count). The maximum Gasteiger partial charge on any atom is 0.252 e. The van der Waals surface area contributed by atoms with Crippen molar-refractivity contribution >= 4 is 16.8 Å². The lowest BCUT2D eigenvalue weighted by Gasteiger charge is -2.29. The molecule has 0 aliphatic heterocycles. The Morgan fingerprint density at radius 2 is 2.05 bits per heavy atom. The van der Waals surface area contributed by atoms with E-state index in [9.17, 15) is 4.79 Å². The molecule has 1 amide bonds. The fourth-order valence-corrected chi connectivity index (χ4v) is 3.08. The summed E-state index contributed by atoms with van der Waals surface area (Å²) in [6.07, 6.45) is 4.25. The Hall–Kier alpha value is -1.94. The lowest BCUT2D eigenvalue weighted by Crippen LogP contribution is -2.49. The molecular weight excluding hydrogens is 262 g/mol. The number of aryl methyl sites for hydroxylation is 1. The third-order valence-electron chi connectivity index (χ3n) is 4.22. The van der Waals surface area contributed by atoms with Crippen LogP contribution in [0.15, 0.2) is 30.3 Å². The first kappa shape index (κ1) is 14.0. The van der Waals surface area contributed by atoms with Gasteiger partial charge in [0.1, 0.15) is 0 Å². The molecule has 0 saturated heterocycles. The zero-order chi connectivity index (χ0) is 14.8. The van der Waals surface area contributed by atoms with E-state index in [4.69, 9.17) is 5.73 Å². The third kappa shape index (κ3) is 2.90. The van der Waals surface area contributed by atoms with Gasteiger partial charge in [-0.2, -0.15) is 0 Å². The maximum absolute atomic E-state index is 12.6. The summed E-state index contributed by atoms with van der Waals surface area (Å²) in [5.74, 6) is -0.0425. The molecule has 1 aliphatic carbocycles. The summed E-state index contributed by atoms with van der Waals surface area (Å²) in [5.41, 5.74) is 8.52. The number of nitrogens with one attached hydrogen (secondary N) is 1. The first-order valence-corrected chi connectivity index (χ1v) is 7.58. The van der Waals surface area contributed by atoms with Gasteiger partial charge in [-0.15, -0.1) is 0 Å². The van der Waals surface area contributed by atoms with Gasteiger partial charge in [0.25, 0.3) is 5.91 Å². The van der Waals surface area contributed by atoms with Gasteiger partial charge in [-0.1, -0.05) is 31.0 Å². The van der Waals surface area contributed by atoms with Gasteiger partial charge in [0.15, 0.2) is 0 Å². The Morgan fingerprint density at radius 3 is 2.86 bits per heavy atom. The van der Waals surface area contributed by atoms with Gasteiger partial charge in [0.2, 0.25) is 0 Å². The smallest absolute Gasteiger partial charge is 0.252 e. The molecular formula is C17H21N3O. The molecule has 1 aromatic carbocycles.